The molecule has 0 saturated heterocycles. The van der Waals surface area contributed by atoms with Gasteiger partial charge in [0.1, 0.15) is 0 Å². The summed E-state index contributed by atoms with van der Waals surface area (Å²) in [5.74, 6) is 0.326. The van der Waals surface area contributed by atoms with Crippen molar-refractivity contribution in [1.29, 1.82) is 0 Å². The summed E-state index contributed by atoms with van der Waals surface area (Å²) >= 11 is 0. The second-order valence-electron chi connectivity index (χ2n) is 12.2. The largest absolute Gasteiger partial charge is 0.405 e. The molecule has 1 unspecified atom stereocenters. The first-order valence-electron chi connectivity index (χ1n) is 16.0. The molecule has 0 fully saturated rings. The zero-order valence-corrected chi connectivity index (χ0v) is 25.6. The Morgan fingerprint density at radius 1 is 0.778 bits per heavy atom. The van der Waals surface area contributed by atoms with Crippen LogP contribution in [0.5, 0.6) is 0 Å². The summed E-state index contributed by atoms with van der Waals surface area (Å²) in [6.45, 7) is 2.20. The lowest BCUT2D eigenvalue weighted by Gasteiger charge is -2.25. The van der Waals surface area contributed by atoms with Gasteiger partial charge in [-0.15, -0.1) is 0 Å². The van der Waals surface area contributed by atoms with Crippen molar-refractivity contribution in [2.45, 2.75) is 32.1 Å². The molecule has 1 atom stereocenters. The summed E-state index contributed by atoms with van der Waals surface area (Å²) in [6, 6.07) is 37.4. The number of nitrogens with two attached hydrogens (primary N) is 1. The molecule has 0 spiro atoms. The van der Waals surface area contributed by atoms with Crippen LogP contribution in [0.3, 0.4) is 0 Å². The van der Waals surface area contributed by atoms with E-state index in [1.54, 1.807) is 6.20 Å². The van der Waals surface area contributed by atoms with Crippen molar-refractivity contribution >= 4 is 39.4 Å². The van der Waals surface area contributed by atoms with Gasteiger partial charge in [0.15, 0.2) is 0 Å². The fraction of sp³-hybridized carbons (Fsp3) is 0.116. The van der Waals surface area contributed by atoms with Crippen molar-refractivity contribution in [3.63, 3.8) is 0 Å². The summed E-state index contributed by atoms with van der Waals surface area (Å²) in [5, 5.41) is 3.94. The molecule has 0 saturated carbocycles. The fourth-order valence-electron chi connectivity index (χ4n) is 7.54. The lowest BCUT2D eigenvalue weighted by Crippen LogP contribution is -2.05. The number of rotatable bonds is 5. The Morgan fingerprint density at radius 2 is 1.51 bits per heavy atom. The van der Waals surface area contributed by atoms with Crippen molar-refractivity contribution in [3.05, 3.63) is 167 Å². The highest BCUT2D eigenvalue weighted by atomic mass is 15.0. The third-order valence-electron chi connectivity index (χ3n) is 9.65. The molecule has 1 aromatic heterocycles. The molecule has 0 amide bonds. The first-order valence-corrected chi connectivity index (χ1v) is 16.0. The summed E-state index contributed by atoms with van der Waals surface area (Å²) in [5.41, 5.74) is 20.2. The quantitative estimate of drug-likeness (QED) is 0.216. The van der Waals surface area contributed by atoms with E-state index in [0.29, 0.717) is 5.92 Å². The normalized spacial score (nSPS) is 16.0. The van der Waals surface area contributed by atoms with Crippen LogP contribution < -0.4 is 5.73 Å². The molecule has 2 nitrogen and oxygen atoms in total. The third-order valence-corrected chi connectivity index (χ3v) is 9.65. The first-order chi connectivity index (χ1) is 22.2. The first kappa shape index (κ1) is 27.2. The zero-order valence-electron chi connectivity index (χ0n) is 25.6. The van der Waals surface area contributed by atoms with Crippen LogP contribution in [0.1, 0.15) is 52.3 Å². The highest BCUT2D eigenvalue weighted by Crippen LogP contribution is 2.44. The molecule has 0 radical (unpaired) electrons. The Balaban J connectivity index is 1.20. The van der Waals surface area contributed by atoms with Crippen molar-refractivity contribution in [3.8, 4) is 16.8 Å². The molecular weight excluding hydrogens is 544 g/mol. The lowest BCUT2D eigenvalue weighted by atomic mass is 9.78. The molecule has 2 heteroatoms. The van der Waals surface area contributed by atoms with E-state index in [1.807, 2.05) is 6.08 Å². The van der Waals surface area contributed by atoms with E-state index in [-0.39, 0.29) is 0 Å². The lowest BCUT2D eigenvalue weighted by molar-refractivity contribution is 0.858. The van der Waals surface area contributed by atoms with Crippen molar-refractivity contribution in [2.24, 2.45) is 5.73 Å². The monoisotopic (exact) mass is 580 g/mol. The Hall–Kier alpha value is -5.34. The van der Waals surface area contributed by atoms with E-state index >= 15 is 0 Å². The third kappa shape index (κ3) is 4.57. The fourth-order valence-corrected chi connectivity index (χ4v) is 7.54. The van der Waals surface area contributed by atoms with Crippen molar-refractivity contribution in [2.75, 3.05) is 0 Å². The van der Waals surface area contributed by atoms with Gasteiger partial charge in [-0.05, 0) is 118 Å². The average molecular weight is 581 g/mol. The van der Waals surface area contributed by atoms with Gasteiger partial charge in [-0.1, -0.05) is 109 Å². The summed E-state index contributed by atoms with van der Waals surface area (Å²) in [7, 11) is 0. The SMILES string of the molecule is Cc1c(C=CN)n(-c2ccccc2)c2ccc(C3C=CC(c4c5c(c(-c6ccccc6)c6ccccc46)CCC=C5)=CC3)cc12. The van der Waals surface area contributed by atoms with Gasteiger partial charge >= 0.3 is 0 Å². The van der Waals surface area contributed by atoms with Gasteiger partial charge in [0.2, 0.25) is 0 Å². The minimum absolute atomic E-state index is 0.326. The topological polar surface area (TPSA) is 30.9 Å². The second-order valence-corrected chi connectivity index (χ2v) is 12.2. The number of nitrogens with zero attached hydrogens (tertiary/aromatic N) is 1. The molecule has 2 aliphatic rings. The van der Waals surface area contributed by atoms with Gasteiger partial charge in [-0.3, -0.25) is 0 Å². The molecule has 0 bridgehead atoms. The molecule has 218 valence electrons. The number of aromatic nitrogens is 1. The number of benzene rings is 5. The zero-order chi connectivity index (χ0) is 30.3. The van der Waals surface area contributed by atoms with Crippen LogP contribution in [0.4, 0.5) is 0 Å². The van der Waals surface area contributed by atoms with E-state index < -0.39 is 0 Å². The van der Waals surface area contributed by atoms with Crippen molar-refractivity contribution in [1.82, 2.24) is 4.57 Å². The summed E-state index contributed by atoms with van der Waals surface area (Å²) in [4.78, 5) is 0. The molecule has 1 heterocycles. The maximum Gasteiger partial charge on any atom is 0.0537 e. The summed E-state index contributed by atoms with van der Waals surface area (Å²) < 4.78 is 2.31. The molecule has 5 aromatic carbocycles. The van der Waals surface area contributed by atoms with Crippen LogP contribution in [0.2, 0.25) is 0 Å². The number of hydrogen-bond acceptors (Lipinski definition) is 1. The Labute approximate surface area is 265 Å². The number of fused-ring (bicyclic) bond motifs is 3. The minimum Gasteiger partial charge on any atom is -0.405 e. The van der Waals surface area contributed by atoms with Crippen LogP contribution in [-0.4, -0.2) is 4.57 Å². The van der Waals surface area contributed by atoms with Crippen LogP contribution in [0.25, 0.3) is 56.2 Å². The van der Waals surface area contributed by atoms with Crippen LogP contribution >= 0.6 is 0 Å². The standard InChI is InChI=1S/C43H36N2/c1-29-39-28-33(24-25-41(39)45(40(29)26-27-44)34-14-6-3-7-15-34)30-20-22-32(23-21-30)43-37-18-10-8-16-35(37)42(31-12-4-2-5-13-31)36-17-9-11-19-38(36)43/h2-8,10-16,18-20,22-28,30H,9,17,21,44H2,1H3. The predicted octanol–water partition coefficient (Wildman–Crippen LogP) is 10.8. The minimum atomic E-state index is 0.326. The highest BCUT2D eigenvalue weighted by Gasteiger charge is 2.23. The van der Waals surface area contributed by atoms with E-state index in [9.17, 15) is 0 Å². The number of hydrogen-bond donors (Lipinski definition) is 1. The van der Waals surface area contributed by atoms with Gasteiger partial charge in [0.05, 0.1) is 11.2 Å². The molecule has 2 N–H and O–H groups in total. The Morgan fingerprint density at radius 3 is 2.24 bits per heavy atom. The molecule has 8 rings (SSSR count). The molecular formula is C43H36N2. The molecule has 6 aromatic rings. The highest BCUT2D eigenvalue weighted by molar-refractivity contribution is 6.08. The molecule has 45 heavy (non-hydrogen) atoms. The number of allylic oxidation sites excluding steroid dienone is 5. The number of para-hydroxylation sites is 1. The van der Waals surface area contributed by atoms with Crippen molar-refractivity contribution < 1.29 is 0 Å². The van der Waals surface area contributed by atoms with Gasteiger partial charge in [-0.25, -0.2) is 0 Å². The van der Waals surface area contributed by atoms with Gasteiger partial charge in [-0.2, -0.15) is 0 Å². The maximum absolute atomic E-state index is 5.91. The van der Waals surface area contributed by atoms with E-state index in [4.69, 9.17) is 5.73 Å². The van der Waals surface area contributed by atoms with E-state index in [2.05, 4.69) is 145 Å². The smallest absolute Gasteiger partial charge is 0.0537 e. The Kier molecular flexibility index (Phi) is 6.84. The number of aryl methyl sites for hydroxylation is 1. The van der Waals surface area contributed by atoms with Crippen LogP contribution in [0.15, 0.2) is 134 Å². The second kappa shape index (κ2) is 11.3. The maximum atomic E-state index is 5.91. The van der Waals surface area contributed by atoms with E-state index in [0.717, 1.165) is 30.6 Å². The molecule has 0 aliphatic heterocycles. The van der Waals surface area contributed by atoms with Gasteiger partial charge < -0.3 is 10.3 Å². The van der Waals surface area contributed by atoms with Crippen LogP contribution in [-0.2, 0) is 6.42 Å². The van der Waals surface area contributed by atoms with E-state index in [1.165, 1.54) is 66.2 Å². The van der Waals surface area contributed by atoms with Gasteiger partial charge in [0.25, 0.3) is 0 Å². The Bertz CT molecular complexity index is 2190. The van der Waals surface area contributed by atoms with Gasteiger partial charge in [0, 0.05) is 17.0 Å². The average Bonchev–Trinajstić information content (AvgIpc) is 3.38. The predicted molar refractivity (Wildman–Crippen MR) is 192 cm³/mol. The van der Waals surface area contributed by atoms with Crippen LogP contribution in [0, 0.1) is 6.92 Å². The summed E-state index contributed by atoms with van der Waals surface area (Å²) in [6.07, 6.45) is 18.7. The molecule has 2 aliphatic carbocycles.